The molecule has 52 valence electrons. The molecule has 10 heavy (non-hydrogen) atoms. The van der Waals surface area contributed by atoms with Gasteiger partial charge >= 0.3 is 0 Å². The summed E-state index contributed by atoms with van der Waals surface area (Å²) in [6.07, 6.45) is 2.70. The Balaban J connectivity index is 3.50. The molecule has 0 unspecified atom stereocenters. The predicted molar refractivity (Wildman–Crippen MR) is 60.4 cm³/mol. The quantitative estimate of drug-likeness (QED) is 0.372. The molecular weight excluding hydrogens is 116 g/mol. The fourth-order valence-electron chi connectivity index (χ4n) is 1.33. The van der Waals surface area contributed by atoms with Crippen LogP contribution < -0.4 is 0 Å². The first-order chi connectivity index (χ1) is 4.72. The average molecular weight is 132 g/mol. The van der Waals surface area contributed by atoms with Crippen molar-refractivity contribution < 1.29 is 0 Å². The van der Waals surface area contributed by atoms with Crippen molar-refractivity contribution in [1.82, 2.24) is 4.81 Å². The van der Waals surface area contributed by atoms with E-state index in [0.717, 1.165) is 6.85 Å². The largest absolute Gasteiger partial charge is 0.348 e. The van der Waals surface area contributed by atoms with Gasteiger partial charge in [-0.3, -0.25) is 0 Å². The van der Waals surface area contributed by atoms with Gasteiger partial charge in [-0.1, -0.05) is 12.4 Å². The summed E-state index contributed by atoms with van der Waals surface area (Å²) in [6, 6.07) is 0. The summed E-state index contributed by atoms with van der Waals surface area (Å²) >= 11 is 0. The molecule has 0 bridgehead atoms. The molecule has 0 saturated heterocycles. The van der Waals surface area contributed by atoms with Crippen molar-refractivity contribution in [2.45, 2.75) is 12.4 Å². The van der Waals surface area contributed by atoms with E-state index in [-0.39, 0.29) is 0 Å². The zero-order chi connectivity index (χ0) is 7.98. The Labute approximate surface area is 68.7 Å². The molecule has 0 radical (unpaired) electrons. The van der Waals surface area contributed by atoms with E-state index in [2.05, 4.69) is 34.4 Å². The SMILES string of the molecule is BBCB(CBB)N(C)C. The fraction of sp³-hybridized carbons (Fsp3) is 1.00. The van der Waals surface area contributed by atoms with Gasteiger partial charge in [-0.25, -0.2) is 0 Å². The van der Waals surface area contributed by atoms with E-state index >= 15 is 0 Å². The zero-order valence-corrected chi connectivity index (χ0v) is 7.85. The van der Waals surface area contributed by atoms with Crippen LogP contribution in [-0.4, -0.2) is 55.6 Å². The van der Waals surface area contributed by atoms with Crippen LogP contribution in [0.1, 0.15) is 0 Å². The van der Waals surface area contributed by atoms with Crippen LogP contribution in [0.2, 0.25) is 12.4 Å². The minimum Gasteiger partial charge on any atom is -0.348 e. The van der Waals surface area contributed by atoms with Crippen molar-refractivity contribution in [1.29, 1.82) is 0 Å². The van der Waals surface area contributed by atoms with Crippen molar-refractivity contribution >= 4 is 36.7 Å². The summed E-state index contributed by atoms with van der Waals surface area (Å²) in [4.78, 5) is 2.34. The summed E-state index contributed by atoms with van der Waals surface area (Å²) in [5.74, 6) is 0. The lowest BCUT2D eigenvalue weighted by molar-refractivity contribution is 0.644. The third-order valence-corrected chi connectivity index (χ3v) is 1.97. The lowest BCUT2D eigenvalue weighted by Gasteiger charge is -2.18. The van der Waals surface area contributed by atoms with Gasteiger partial charge in [0.25, 0.3) is 0 Å². The Morgan fingerprint density at radius 2 is 1.60 bits per heavy atom. The second-order valence-electron chi connectivity index (χ2n) is 3.19. The van der Waals surface area contributed by atoms with Crippen LogP contribution in [0.25, 0.3) is 0 Å². The van der Waals surface area contributed by atoms with Crippen molar-refractivity contribution in [2.75, 3.05) is 14.1 Å². The molecule has 0 aromatic rings. The molecule has 0 rings (SSSR count). The minimum absolute atomic E-state index is 0.815. The van der Waals surface area contributed by atoms with Crippen LogP contribution in [-0.2, 0) is 0 Å². The summed E-state index contributed by atoms with van der Waals surface area (Å²) in [5, 5.41) is 0. The zero-order valence-electron chi connectivity index (χ0n) is 7.85. The lowest BCUT2D eigenvalue weighted by Crippen LogP contribution is -2.35. The highest BCUT2D eigenvalue weighted by Gasteiger charge is 2.13. The Hall–Kier alpha value is 0.285. The van der Waals surface area contributed by atoms with Gasteiger partial charge in [0, 0.05) is 0 Å². The van der Waals surface area contributed by atoms with Gasteiger partial charge in [0.2, 0.25) is 6.85 Å². The van der Waals surface area contributed by atoms with Gasteiger partial charge in [0.15, 0.2) is 0 Å². The Morgan fingerprint density at radius 1 is 1.20 bits per heavy atom. The van der Waals surface area contributed by atoms with Crippen LogP contribution in [0, 0.1) is 0 Å². The first kappa shape index (κ1) is 10.3. The van der Waals surface area contributed by atoms with Crippen LogP contribution in [0.15, 0.2) is 0 Å². The molecule has 6 heteroatoms. The van der Waals surface area contributed by atoms with E-state index in [4.69, 9.17) is 0 Å². The smallest absolute Gasteiger partial charge is 0.206 e. The average Bonchev–Trinajstić information content (AvgIpc) is 1.87. The minimum atomic E-state index is 0.815. The lowest BCUT2D eigenvalue weighted by atomic mass is 9.29. The number of rotatable bonds is 5. The van der Waals surface area contributed by atoms with E-state index in [1.54, 1.807) is 0 Å². The molecule has 0 spiro atoms. The first-order valence-electron chi connectivity index (χ1n) is 4.38. The number of hydrogen-bond acceptors (Lipinski definition) is 1. The Kier molecular flexibility index (Phi) is 6.20. The molecule has 0 aliphatic carbocycles. The van der Waals surface area contributed by atoms with Crippen molar-refractivity contribution in [3.05, 3.63) is 0 Å². The van der Waals surface area contributed by atoms with Gasteiger partial charge in [-0.15, -0.1) is 0 Å². The van der Waals surface area contributed by atoms with Crippen LogP contribution in [0.4, 0.5) is 0 Å². The van der Waals surface area contributed by atoms with E-state index in [0.29, 0.717) is 0 Å². The normalized spacial score (nSPS) is 9.50. The molecule has 0 N–H and O–H groups in total. The van der Waals surface area contributed by atoms with Gasteiger partial charge in [-0.05, 0) is 14.1 Å². The van der Waals surface area contributed by atoms with E-state index in [1.165, 1.54) is 26.8 Å². The molecule has 0 fully saturated rings. The van der Waals surface area contributed by atoms with Crippen LogP contribution in [0.5, 0.6) is 0 Å². The van der Waals surface area contributed by atoms with E-state index < -0.39 is 0 Å². The van der Waals surface area contributed by atoms with E-state index in [1.807, 2.05) is 0 Å². The third kappa shape index (κ3) is 4.16. The maximum atomic E-state index is 2.34. The van der Waals surface area contributed by atoms with Gasteiger partial charge < -0.3 is 4.81 Å². The van der Waals surface area contributed by atoms with Crippen molar-refractivity contribution in [2.24, 2.45) is 0 Å². The molecule has 0 aromatic heterocycles. The number of hydrogen-bond donors (Lipinski definition) is 0. The monoisotopic (exact) mass is 133 g/mol. The molecule has 0 saturated carbocycles. The summed E-state index contributed by atoms with van der Waals surface area (Å²) in [6.45, 7) is 0.815. The molecule has 0 aromatic carbocycles. The molecule has 0 heterocycles. The fourth-order valence-corrected chi connectivity index (χ4v) is 1.33. The molecule has 1 nitrogen and oxygen atoms in total. The maximum Gasteiger partial charge on any atom is 0.206 e. The highest BCUT2D eigenvalue weighted by molar-refractivity contribution is 6.99. The van der Waals surface area contributed by atoms with Gasteiger partial charge in [0.1, 0.15) is 0 Å². The summed E-state index contributed by atoms with van der Waals surface area (Å²) in [5.41, 5.74) is 0. The second kappa shape index (κ2) is 6.02. The third-order valence-electron chi connectivity index (χ3n) is 1.97. The standard InChI is InChI=1S/C4H16B5N/c1-10(2)9(3-7-5)4-8-6/h7-8H,3-6H2,1-2H3. The molecule has 0 atom stereocenters. The van der Waals surface area contributed by atoms with Crippen molar-refractivity contribution in [3.8, 4) is 0 Å². The number of nitrogens with zero attached hydrogens (tertiary/aromatic N) is 1. The molecule has 0 aliphatic rings. The first-order valence-corrected chi connectivity index (χ1v) is 4.38. The Bertz CT molecular complexity index is 72.0. The van der Waals surface area contributed by atoms with Gasteiger partial charge in [-0.2, -0.15) is 0 Å². The van der Waals surface area contributed by atoms with Crippen LogP contribution in [0.3, 0.4) is 0 Å². The summed E-state index contributed by atoms with van der Waals surface area (Å²) < 4.78 is 0. The highest BCUT2D eigenvalue weighted by atomic mass is 15.0. The Morgan fingerprint density at radius 3 is 1.80 bits per heavy atom. The molecule has 0 aliphatic heterocycles. The van der Waals surface area contributed by atoms with Gasteiger partial charge in [0.05, 0.1) is 29.8 Å². The van der Waals surface area contributed by atoms with Crippen molar-refractivity contribution in [3.63, 3.8) is 0 Å². The predicted octanol–water partition coefficient (Wildman–Crippen LogP) is -2.58. The topological polar surface area (TPSA) is 3.24 Å². The highest BCUT2D eigenvalue weighted by Crippen LogP contribution is 1.97. The van der Waals surface area contributed by atoms with E-state index in [9.17, 15) is 0 Å². The van der Waals surface area contributed by atoms with Crippen LogP contribution >= 0.6 is 0 Å². The molecular formula is C4H16B5N. The second-order valence-corrected chi connectivity index (χ2v) is 3.19. The maximum absolute atomic E-state index is 2.34. The molecule has 0 amide bonds. The summed E-state index contributed by atoms with van der Waals surface area (Å²) in [7, 11) is 11.5.